The van der Waals surface area contributed by atoms with E-state index in [4.69, 9.17) is 29.4 Å². The summed E-state index contributed by atoms with van der Waals surface area (Å²) in [5.74, 6) is 0.156. The average molecular weight is 505 g/mol. The normalized spacial score (nSPS) is 27.8. The van der Waals surface area contributed by atoms with E-state index in [-0.39, 0.29) is 16.9 Å². The highest BCUT2D eigenvalue weighted by atomic mass is 31.3. The maximum absolute atomic E-state index is 11.8. The first-order valence-corrected chi connectivity index (χ1v) is 12.6. The van der Waals surface area contributed by atoms with E-state index >= 15 is 0 Å². The lowest BCUT2D eigenvalue weighted by atomic mass is 9.99. The molecular formula is C13H18NO14P3. The van der Waals surface area contributed by atoms with Crippen LogP contribution < -0.4 is 4.74 Å². The quantitative estimate of drug-likeness (QED) is 0.243. The fraction of sp³-hybridized carbons (Fsp3) is 0.462. The molecule has 3 unspecified atom stereocenters. The highest BCUT2D eigenvalue weighted by Crippen LogP contribution is 2.66. The number of hydrogen-bond acceptors (Lipinski definition) is 11. The minimum Gasteiger partial charge on any atom is -0.496 e. The third-order valence-electron chi connectivity index (χ3n) is 3.85. The molecule has 0 spiro atoms. The van der Waals surface area contributed by atoms with E-state index in [1.165, 1.54) is 25.3 Å². The summed E-state index contributed by atoms with van der Waals surface area (Å²) in [5.41, 5.74) is 0.492. The van der Waals surface area contributed by atoms with Gasteiger partial charge in [-0.2, -0.15) is 13.9 Å². The largest absolute Gasteiger partial charge is 0.496 e. The van der Waals surface area contributed by atoms with Crippen LogP contribution in [0, 0.1) is 11.3 Å². The Hall–Kier alpha value is -1.20. The number of aliphatic hydroxyl groups excluding tert-OH is 2. The molecule has 0 radical (unpaired) electrons. The number of rotatable bonds is 9. The van der Waals surface area contributed by atoms with Crippen molar-refractivity contribution < 1.29 is 66.1 Å². The second-order valence-corrected chi connectivity index (χ2v) is 10.5. The predicted octanol–water partition coefficient (Wildman–Crippen LogP) is 0.0719. The summed E-state index contributed by atoms with van der Waals surface area (Å²) in [7, 11) is -15.4. The van der Waals surface area contributed by atoms with Crippen LogP contribution in [0.15, 0.2) is 18.2 Å². The first-order valence-electron chi connectivity index (χ1n) is 8.06. The molecule has 1 aliphatic rings. The number of ether oxygens (including phenoxy) is 2. The molecular weight excluding hydrogens is 487 g/mol. The van der Waals surface area contributed by atoms with Crippen LogP contribution >= 0.6 is 23.5 Å². The molecule has 1 aromatic carbocycles. The van der Waals surface area contributed by atoms with Crippen LogP contribution in [0.5, 0.6) is 5.75 Å². The minimum absolute atomic E-state index is 0.156. The van der Waals surface area contributed by atoms with Crippen LogP contribution in [0.25, 0.3) is 0 Å². The van der Waals surface area contributed by atoms with E-state index in [1.54, 1.807) is 0 Å². The Balaban J connectivity index is 2.09. The van der Waals surface area contributed by atoms with Gasteiger partial charge in [-0.1, -0.05) is 6.07 Å². The van der Waals surface area contributed by atoms with Gasteiger partial charge in [-0.3, -0.25) is 4.52 Å². The molecule has 1 aromatic rings. The molecule has 174 valence electrons. The van der Waals surface area contributed by atoms with Gasteiger partial charge in [0.25, 0.3) is 0 Å². The van der Waals surface area contributed by atoms with Crippen LogP contribution in [-0.2, 0) is 31.6 Å². The van der Waals surface area contributed by atoms with Crippen LogP contribution in [0.4, 0.5) is 0 Å². The Bertz CT molecular complexity index is 988. The SMILES string of the molecule is COc1cc(C#N)ccc1[C@@H]1O[C@H](COP(=O)(O)OP(=O)(O)OP(=O)(O)O)C(O)[C@@H]1O. The fourth-order valence-corrected chi connectivity index (χ4v) is 5.66. The molecule has 1 aliphatic heterocycles. The number of phosphoric acid groups is 3. The van der Waals surface area contributed by atoms with Gasteiger partial charge in [-0.05, 0) is 12.1 Å². The van der Waals surface area contributed by atoms with Crippen molar-refractivity contribution in [3.63, 3.8) is 0 Å². The summed E-state index contributed by atoms with van der Waals surface area (Å²) in [6, 6.07) is 6.06. The van der Waals surface area contributed by atoms with Crippen molar-refractivity contribution in [3.8, 4) is 11.8 Å². The summed E-state index contributed by atoms with van der Waals surface area (Å²) in [5, 5.41) is 29.4. The van der Waals surface area contributed by atoms with Gasteiger partial charge in [0.1, 0.15) is 30.2 Å². The lowest BCUT2D eigenvalue weighted by Crippen LogP contribution is -2.33. The molecule has 31 heavy (non-hydrogen) atoms. The van der Waals surface area contributed by atoms with Gasteiger partial charge in [0, 0.05) is 5.56 Å². The zero-order chi connectivity index (χ0) is 23.6. The molecule has 1 heterocycles. The molecule has 0 bridgehead atoms. The fourth-order valence-electron chi connectivity index (χ4n) is 2.63. The number of benzene rings is 1. The molecule has 15 nitrogen and oxygen atoms in total. The molecule has 0 aromatic heterocycles. The first kappa shape index (κ1) is 26.1. The van der Waals surface area contributed by atoms with Gasteiger partial charge >= 0.3 is 23.5 Å². The number of methoxy groups -OCH3 is 1. The second kappa shape index (κ2) is 9.74. The Morgan fingerprint density at radius 2 is 1.71 bits per heavy atom. The lowest BCUT2D eigenvalue weighted by molar-refractivity contribution is -0.0228. The summed E-state index contributed by atoms with van der Waals surface area (Å²) in [6.07, 6.45) is -5.86. The van der Waals surface area contributed by atoms with E-state index < -0.39 is 54.5 Å². The molecule has 18 heteroatoms. The van der Waals surface area contributed by atoms with Crippen LogP contribution in [-0.4, -0.2) is 61.8 Å². The highest BCUT2D eigenvalue weighted by molar-refractivity contribution is 7.66. The maximum Gasteiger partial charge on any atom is 0.490 e. The third-order valence-corrected chi connectivity index (χ3v) is 7.65. The lowest BCUT2D eigenvalue weighted by Gasteiger charge is -2.19. The molecule has 2 rings (SSSR count). The van der Waals surface area contributed by atoms with Crippen molar-refractivity contribution in [1.29, 1.82) is 5.26 Å². The standard InChI is InChI=1S/C13H18NO14P3/c1-24-9-4-7(5-14)2-3-8(9)13-12(16)11(15)10(26-13)6-25-30(20,21)28-31(22,23)27-29(17,18)19/h2-4,10-13,15-16H,6H2,1H3,(H,20,21)(H,22,23)(H2,17,18,19)/t10-,11?,12+,13+/m1/s1. The van der Waals surface area contributed by atoms with Crippen molar-refractivity contribution in [3.05, 3.63) is 29.3 Å². The maximum atomic E-state index is 11.8. The summed E-state index contributed by atoms with van der Waals surface area (Å²) in [6.45, 7) is -0.947. The zero-order valence-corrected chi connectivity index (χ0v) is 18.2. The molecule has 0 aliphatic carbocycles. The molecule has 0 amide bonds. The van der Waals surface area contributed by atoms with E-state index in [0.717, 1.165) is 0 Å². The van der Waals surface area contributed by atoms with Crippen molar-refractivity contribution >= 4 is 23.5 Å². The Morgan fingerprint density at radius 3 is 2.26 bits per heavy atom. The summed E-state index contributed by atoms with van der Waals surface area (Å²) >= 11 is 0. The van der Waals surface area contributed by atoms with Crippen molar-refractivity contribution in [2.75, 3.05) is 13.7 Å². The van der Waals surface area contributed by atoms with E-state index in [9.17, 15) is 28.8 Å². The Morgan fingerprint density at radius 1 is 1.06 bits per heavy atom. The number of nitriles is 1. The van der Waals surface area contributed by atoms with Crippen LogP contribution in [0.2, 0.25) is 0 Å². The smallest absolute Gasteiger partial charge is 0.490 e. The second-order valence-electron chi connectivity index (χ2n) is 6.03. The summed E-state index contributed by atoms with van der Waals surface area (Å²) < 4.78 is 55.8. The highest BCUT2D eigenvalue weighted by Gasteiger charge is 2.46. The monoisotopic (exact) mass is 505 g/mol. The number of nitrogens with zero attached hydrogens (tertiary/aromatic N) is 1. The van der Waals surface area contributed by atoms with Gasteiger partial charge < -0.3 is 39.3 Å². The third kappa shape index (κ3) is 7.15. The molecule has 1 fully saturated rings. The number of aliphatic hydroxyl groups is 2. The van der Waals surface area contributed by atoms with Gasteiger partial charge in [0.15, 0.2) is 0 Å². The molecule has 6 atom stereocenters. The van der Waals surface area contributed by atoms with Gasteiger partial charge in [-0.15, -0.1) is 0 Å². The van der Waals surface area contributed by atoms with E-state index in [1.807, 2.05) is 6.07 Å². The minimum atomic E-state index is -5.70. The van der Waals surface area contributed by atoms with E-state index in [2.05, 4.69) is 13.1 Å². The van der Waals surface area contributed by atoms with Crippen molar-refractivity contribution in [1.82, 2.24) is 0 Å². The predicted molar refractivity (Wildman–Crippen MR) is 97.2 cm³/mol. The number of phosphoric ester groups is 1. The topological polar surface area (TPSA) is 243 Å². The van der Waals surface area contributed by atoms with Crippen LogP contribution in [0.3, 0.4) is 0 Å². The van der Waals surface area contributed by atoms with E-state index in [0.29, 0.717) is 0 Å². The van der Waals surface area contributed by atoms with Gasteiger partial charge in [0.2, 0.25) is 0 Å². The average Bonchev–Trinajstić information content (AvgIpc) is 2.91. The first-order chi connectivity index (χ1) is 14.2. The van der Waals surface area contributed by atoms with Crippen molar-refractivity contribution in [2.24, 2.45) is 0 Å². The zero-order valence-electron chi connectivity index (χ0n) is 15.5. The van der Waals surface area contributed by atoms with Crippen LogP contribution in [0.1, 0.15) is 17.2 Å². The Labute approximate surface area is 174 Å². The molecule has 0 saturated carbocycles. The molecule has 1 saturated heterocycles. The molecule has 6 N–H and O–H groups in total. The van der Waals surface area contributed by atoms with Crippen molar-refractivity contribution in [2.45, 2.75) is 24.4 Å². The number of hydrogen-bond donors (Lipinski definition) is 6. The van der Waals surface area contributed by atoms with Gasteiger partial charge in [0.05, 0.1) is 25.3 Å². The summed E-state index contributed by atoms with van der Waals surface area (Å²) in [4.78, 5) is 35.6. The Kier molecular flexibility index (Phi) is 8.19. The van der Waals surface area contributed by atoms with Gasteiger partial charge in [-0.25, -0.2) is 13.7 Å².